The Morgan fingerprint density at radius 3 is 2.80 bits per heavy atom. The van der Waals surface area contributed by atoms with Gasteiger partial charge in [0, 0.05) is 13.5 Å². The van der Waals surface area contributed by atoms with Crippen LogP contribution in [0, 0.1) is 17.3 Å². The van der Waals surface area contributed by atoms with Gasteiger partial charge in [-0.1, -0.05) is 20.8 Å². The van der Waals surface area contributed by atoms with E-state index >= 15 is 0 Å². The SMILES string of the molecule is CC1CC(CC(=O)NCc2nnnn2C)CC(C)(C)C1. The van der Waals surface area contributed by atoms with Crippen molar-refractivity contribution in [3.8, 4) is 0 Å². The first-order chi connectivity index (χ1) is 9.35. The molecular weight excluding hydrogens is 254 g/mol. The van der Waals surface area contributed by atoms with E-state index in [0.717, 1.165) is 12.8 Å². The summed E-state index contributed by atoms with van der Waals surface area (Å²) in [5.74, 6) is 1.98. The lowest BCUT2D eigenvalue weighted by atomic mass is 9.67. The number of aromatic nitrogens is 4. The van der Waals surface area contributed by atoms with Crippen LogP contribution in [0.4, 0.5) is 0 Å². The van der Waals surface area contributed by atoms with Crippen molar-refractivity contribution in [2.24, 2.45) is 24.3 Å². The van der Waals surface area contributed by atoms with Gasteiger partial charge in [-0.2, -0.15) is 0 Å². The average Bonchev–Trinajstić information content (AvgIpc) is 2.69. The van der Waals surface area contributed by atoms with Gasteiger partial charge < -0.3 is 5.32 Å². The van der Waals surface area contributed by atoms with Crippen molar-refractivity contribution in [3.63, 3.8) is 0 Å². The first-order valence-corrected chi connectivity index (χ1v) is 7.33. The van der Waals surface area contributed by atoms with Gasteiger partial charge in [0.25, 0.3) is 0 Å². The Hall–Kier alpha value is -1.46. The number of carbonyl (C=O) groups is 1. The van der Waals surface area contributed by atoms with Gasteiger partial charge in [0.1, 0.15) is 0 Å². The quantitative estimate of drug-likeness (QED) is 0.910. The molecule has 1 amide bonds. The Balaban J connectivity index is 1.81. The summed E-state index contributed by atoms with van der Waals surface area (Å²) in [6.07, 6.45) is 4.16. The zero-order chi connectivity index (χ0) is 14.8. The first kappa shape index (κ1) is 14.9. The van der Waals surface area contributed by atoms with Crippen molar-refractivity contribution in [2.75, 3.05) is 0 Å². The molecule has 6 heteroatoms. The minimum atomic E-state index is 0.0999. The third-order valence-electron chi connectivity index (χ3n) is 4.10. The molecule has 1 aliphatic rings. The summed E-state index contributed by atoms with van der Waals surface area (Å²) in [5, 5.41) is 14.1. The molecule has 2 atom stereocenters. The molecule has 0 radical (unpaired) electrons. The van der Waals surface area contributed by atoms with Crippen molar-refractivity contribution >= 4 is 5.91 Å². The molecule has 20 heavy (non-hydrogen) atoms. The molecule has 1 fully saturated rings. The summed E-state index contributed by atoms with van der Waals surface area (Å²) < 4.78 is 1.58. The molecule has 0 aromatic carbocycles. The second-order valence-corrected chi connectivity index (χ2v) is 6.98. The highest BCUT2D eigenvalue weighted by Gasteiger charge is 2.32. The summed E-state index contributed by atoms with van der Waals surface area (Å²) in [4.78, 5) is 12.0. The summed E-state index contributed by atoms with van der Waals surface area (Å²) in [7, 11) is 1.77. The van der Waals surface area contributed by atoms with E-state index in [4.69, 9.17) is 0 Å². The maximum absolute atomic E-state index is 12.0. The number of hydrogen-bond donors (Lipinski definition) is 1. The number of nitrogens with one attached hydrogen (secondary N) is 1. The smallest absolute Gasteiger partial charge is 0.220 e. The zero-order valence-corrected chi connectivity index (χ0v) is 12.9. The van der Waals surface area contributed by atoms with E-state index in [0.29, 0.717) is 36.0 Å². The van der Waals surface area contributed by atoms with E-state index in [1.807, 2.05) is 0 Å². The molecule has 1 heterocycles. The van der Waals surface area contributed by atoms with E-state index < -0.39 is 0 Å². The molecule has 2 unspecified atom stereocenters. The van der Waals surface area contributed by atoms with Crippen molar-refractivity contribution in [2.45, 2.75) is 53.0 Å². The highest BCUT2D eigenvalue weighted by Crippen LogP contribution is 2.42. The molecule has 0 saturated heterocycles. The van der Waals surface area contributed by atoms with Gasteiger partial charge in [-0.3, -0.25) is 4.79 Å². The second kappa shape index (κ2) is 5.89. The summed E-state index contributed by atoms with van der Waals surface area (Å²) in [6, 6.07) is 0. The molecular formula is C14H25N5O. The molecule has 2 rings (SSSR count). The number of rotatable bonds is 4. The molecule has 6 nitrogen and oxygen atoms in total. The standard InChI is InChI=1S/C14H25N5O/c1-10-5-11(8-14(2,3)7-10)6-13(20)15-9-12-16-17-18-19(12)4/h10-11H,5-9H2,1-4H3,(H,15,20). The molecule has 0 spiro atoms. The normalized spacial score (nSPS) is 25.4. The Morgan fingerprint density at radius 1 is 1.45 bits per heavy atom. The van der Waals surface area contributed by atoms with Crippen LogP contribution in [-0.4, -0.2) is 26.1 Å². The highest BCUT2D eigenvalue weighted by atomic mass is 16.1. The number of nitrogens with zero attached hydrogens (tertiary/aromatic N) is 4. The molecule has 112 valence electrons. The topological polar surface area (TPSA) is 72.7 Å². The van der Waals surface area contributed by atoms with E-state index in [2.05, 4.69) is 41.6 Å². The Kier molecular flexibility index (Phi) is 4.40. The van der Waals surface area contributed by atoms with E-state index in [1.54, 1.807) is 11.7 Å². The van der Waals surface area contributed by atoms with Crippen LogP contribution in [0.15, 0.2) is 0 Å². The third kappa shape index (κ3) is 4.02. The lowest BCUT2D eigenvalue weighted by molar-refractivity contribution is -0.122. The Morgan fingerprint density at radius 2 is 2.20 bits per heavy atom. The minimum absolute atomic E-state index is 0.0999. The van der Waals surface area contributed by atoms with Crippen LogP contribution in [0.25, 0.3) is 0 Å². The summed E-state index contributed by atoms with van der Waals surface area (Å²) in [6.45, 7) is 7.29. The van der Waals surface area contributed by atoms with Gasteiger partial charge >= 0.3 is 0 Å². The van der Waals surface area contributed by atoms with Gasteiger partial charge in [-0.15, -0.1) is 5.10 Å². The summed E-state index contributed by atoms with van der Waals surface area (Å²) >= 11 is 0. The maximum atomic E-state index is 12.0. The second-order valence-electron chi connectivity index (χ2n) is 6.98. The van der Waals surface area contributed by atoms with Crippen LogP contribution in [-0.2, 0) is 18.4 Å². The maximum Gasteiger partial charge on any atom is 0.220 e. The van der Waals surface area contributed by atoms with Crippen LogP contribution < -0.4 is 5.32 Å². The van der Waals surface area contributed by atoms with Gasteiger partial charge in [0.2, 0.25) is 5.91 Å². The fourth-order valence-corrected chi connectivity index (χ4v) is 3.61. The predicted molar refractivity (Wildman–Crippen MR) is 75.5 cm³/mol. The predicted octanol–water partition coefficient (Wildman–Crippen LogP) is 1.68. The van der Waals surface area contributed by atoms with E-state index in [-0.39, 0.29) is 5.91 Å². The summed E-state index contributed by atoms with van der Waals surface area (Å²) in [5.41, 5.74) is 0.357. The molecule has 1 aromatic rings. The number of aryl methyl sites for hydroxylation is 1. The molecule has 0 aliphatic heterocycles. The fraction of sp³-hybridized carbons (Fsp3) is 0.857. The van der Waals surface area contributed by atoms with Crippen molar-refractivity contribution in [1.82, 2.24) is 25.5 Å². The zero-order valence-electron chi connectivity index (χ0n) is 12.9. The van der Waals surface area contributed by atoms with Crippen LogP contribution in [0.1, 0.15) is 52.3 Å². The first-order valence-electron chi connectivity index (χ1n) is 7.33. The van der Waals surface area contributed by atoms with Gasteiger partial charge in [0.15, 0.2) is 5.82 Å². The van der Waals surface area contributed by atoms with Crippen molar-refractivity contribution in [1.29, 1.82) is 0 Å². The molecule has 1 aromatic heterocycles. The lowest BCUT2D eigenvalue weighted by Crippen LogP contribution is -2.32. The number of carbonyl (C=O) groups excluding carboxylic acids is 1. The fourth-order valence-electron chi connectivity index (χ4n) is 3.61. The van der Waals surface area contributed by atoms with Crippen LogP contribution in [0.5, 0.6) is 0 Å². The number of hydrogen-bond acceptors (Lipinski definition) is 4. The van der Waals surface area contributed by atoms with Gasteiger partial charge in [0.05, 0.1) is 6.54 Å². The van der Waals surface area contributed by atoms with Crippen molar-refractivity contribution < 1.29 is 4.79 Å². The third-order valence-corrected chi connectivity index (χ3v) is 4.10. The van der Waals surface area contributed by atoms with Crippen LogP contribution in [0.3, 0.4) is 0 Å². The van der Waals surface area contributed by atoms with Crippen LogP contribution >= 0.6 is 0 Å². The monoisotopic (exact) mass is 279 g/mol. The van der Waals surface area contributed by atoms with Gasteiger partial charge in [-0.25, -0.2) is 4.68 Å². The molecule has 1 N–H and O–H groups in total. The molecule has 1 aliphatic carbocycles. The average molecular weight is 279 g/mol. The van der Waals surface area contributed by atoms with Gasteiger partial charge in [-0.05, 0) is 46.9 Å². The van der Waals surface area contributed by atoms with E-state index in [1.165, 1.54) is 6.42 Å². The van der Waals surface area contributed by atoms with Crippen LogP contribution in [0.2, 0.25) is 0 Å². The Labute approximate surface area is 120 Å². The van der Waals surface area contributed by atoms with E-state index in [9.17, 15) is 4.79 Å². The minimum Gasteiger partial charge on any atom is -0.349 e. The van der Waals surface area contributed by atoms with Crippen molar-refractivity contribution in [3.05, 3.63) is 5.82 Å². The largest absolute Gasteiger partial charge is 0.349 e. The number of tetrazole rings is 1. The lowest BCUT2D eigenvalue weighted by Gasteiger charge is -2.38. The Bertz CT molecular complexity index is 468. The number of amides is 1. The molecule has 1 saturated carbocycles. The molecule has 0 bridgehead atoms. The highest BCUT2D eigenvalue weighted by molar-refractivity contribution is 5.76.